The van der Waals surface area contributed by atoms with Crippen LogP contribution in [0.25, 0.3) is 0 Å². The van der Waals surface area contributed by atoms with Gasteiger partial charge in [-0.1, -0.05) is 19.1 Å². The molecule has 1 saturated carbocycles. The maximum atomic E-state index is 14.2. The molecule has 0 bridgehead atoms. The number of fused-ring (bicyclic) bond motifs is 1. The van der Waals surface area contributed by atoms with Crippen LogP contribution in [0.5, 0.6) is 17.2 Å². The first-order valence-electron chi connectivity index (χ1n) is 11.7. The number of benzene rings is 2. The SMILES string of the molecule is CCCOc1cccc(OC(C)C2CCC(CN3Cc4ccc(O)c(F)c4C3=O)CC2)c1. The second-order valence-electron chi connectivity index (χ2n) is 9.05. The van der Waals surface area contributed by atoms with Gasteiger partial charge in [0.15, 0.2) is 11.6 Å². The van der Waals surface area contributed by atoms with E-state index in [-0.39, 0.29) is 17.6 Å². The van der Waals surface area contributed by atoms with E-state index in [9.17, 15) is 14.3 Å². The van der Waals surface area contributed by atoms with Gasteiger partial charge in [-0.05, 0) is 74.6 Å². The van der Waals surface area contributed by atoms with Gasteiger partial charge < -0.3 is 19.5 Å². The predicted octanol–water partition coefficient (Wildman–Crippen LogP) is 5.55. The largest absolute Gasteiger partial charge is 0.505 e. The predicted molar refractivity (Wildman–Crippen MR) is 121 cm³/mol. The minimum absolute atomic E-state index is 0.0332. The molecule has 1 heterocycles. The number of ether oxygens (including phenoxy) is 2. The van der Waals surface area contributed by atoms with E-state index >= 15 is 0 Å². The van der Waals surface area contributed by atoms with Gasteiger partial charge in [-0.15, -0.1) is 0 Å². The highest BCUT2D eigenvalue weighted by Gasteiger charge is 2.34. The van der Waals surface area contributed by atoms with E-state index in [0.29, 0.717) is 37.1 Å². The van der Waals surface area contributed by atoms with Crippen LogP contribution in [0.3, 0.4) is 0 Å². The Hall–Kier alpha value is -2.76. The van der Waals surface area contributed by atoms with Crippen LogP contribution in [0, 0.1) is 17.7 Å². The molecule has 5 nitrogen and oxygen atoms in total. The summed E-state index contributed by atoms with van der Waals surface area (Å²) in [5.74, 6) is 0.967. The lowest BCUT2D eigenvalue weighted by molar-refractivity contribution is 0.0682. The monoisotopic (exact) mass is 441 g/mol. The van der Waals surface area contributed by atoms with Crippen LogP contribution >= 0.6 is 0 Å². The third-order valence-electron chi connectivity index (χ3n) is 6.70. The summed E-state index contributed by atoms with van der Waals surface area (Å²) in [6, 6.07) is 10.8. The zero-order valence-corrected chi connectivity index (χ0v) is 18.9. The molecule has 0 saturated heterocycles. The molecule has 0 aromatic heterocycles. The lowest BCUT2D eigenvalue weighted by Gasteiger charge is -2.34. The van der Waals surface area contributed by atoms with Crippen LogP contribution in [-0.2, 0) is 6.54 Å². The molecule has 1 amide bonds. The summed E-state index contributed by atoms with van der Waals surface area (Å²) < 4.78 is 26.1. The van der Waals surface area contributed by atoms with Crippen molar-refractivity contribution in [1.29, 1.82) is 0 Å². The summed E-state index contributed by atoms with van der Waals surface area (Å²) in [7, 11) is 0. The van der Waals surface area contributed by atoms with Gasteiger partial charge in [0.25, 0.3) is 5.91 Å². The molecule has 32 heavy (non-hydrogen) atoms. The molecule has 1 fully saturated rings. The highest BCUT2D eigenvalue weighted by molar-refractivity contribution is 5.99. The van der Waals surface area contributed by atoms with Crippen molar-refractivity contribution in [1.82, 2.24) is 4.90 Å². The molecule has 6 heteroatoms. The zero-order valence-electron chi connectivity index (χ0n) is 18.9. The quantitative estimate of drug-likeness (QED) is 0.584. The Labute approximate surface area is 189 Å². The summed E-state index contributed by atoms with van der Waals surface area (Å²) in [6.45, 7) is 5.95. The molecule has 1 aliphatic heterocycles. The van der Waals surface area contributed by atoms with Crippen LogP contribution < -0.4 is 9.47 Å². The van der Waals surface area contributed by atoms with E-state index in [2.05, 4.69) is 13.8 Å². The van der Waals surface area contributed by atoms with Gasteiger partial charge in [0.05, 0.1) is 18.3 Å². The molecular formula is C26H32FNO4. The number of nitrogens with zero attached hydrogens (tertiary/aromatic N) is 1. The molecule has 4 rings (SSSR count). The van der Waals surface area contributed by atoms with Crippen molar-refractivity contribution in [3.63, 3.8) is 0 Å². The van der Waals surface area contributed by atoms with Crippen molar-refractivity contribution >= 4 is 5.91 Å². The number of carbonyl (C=O) groups is 1. The number of hydrogen-bond donors (Lipinski definition) is 1. The second kappa shape index (κ2) is 9.80. The van der Waals surface area contributed by atoms with Crippen molar-refractivity contribution in [2.24, 2.45) is 11.8 Å². The van der Waals surface area contributed by atoms with E-state index in [0.717, 1.165) is 43.6 Å². The fourth-order valence-corrected chi connectivity index (χ4v) is 4.87. The van der Waals surface area contributed by atoms with Crippen LogP contribution in [0.1, 0.15) is 61.9 Å². The molecule has 2 aromatic rings. The van der Waals surface area contributed by atoms with Crippen LogP contribution in [-0.4, -0.2) is 35.2 Å². The van der Waals surface area contributed by atoms with Gasteiger partial charge in [-0.25, -0.2) is 4.39 Å². The minimum atomic E-state index is -0.797. The van der Waals surface area contributed by atoms with Gasteiger partial charge in [-0.3, -0.25) is 4.79 Å². The Morgan fingerprint density at radius 2 is 1.91 bits per heavy atom. The number of carbonyl (C=O) groups excluding carboxylic acids is 1. The first kappa shape index (κ1) is 22.4. The number of phenolic OH excluding ortho intramolecular Hbond substituents is 1. The Morgan fingerprint density at radius 1 is 1.16 bits per heavy atom. The van der Waals surface area contributed by atoms with Gasteiger partial charge >= 0.3 is 0 Å². The fraction of sp³-hybridized carbons (Fsp3) is 0.500. The minimum Gasteiger partial charge on any atom is -0.505 e. The van der Waals surface area contributed by atoms with Crippen molar-refractivity contribution in [2.75, 3.05) is 13.2 Å². The average molecular weight is 442 g/mol. The van der Waals surface area contributed by atoms with Gasteiger partial charge in [-0.2, -0.15) is 0 Å². The van der Waals surface area contributed by atoms with Crippen LogP contribution in [0.4, 0.5) is 4.39 Å². The van der Waals surface area contributed by atoms with Crippen LogP contribution in [0.15, 0.2) is 36.4 Å². The average Bonchev–Trinajstić information content (AvgIpc) is 3.11. The molecule has 1 N–H and O–H groups in total. The van der Waals surface area contributed by atoms with E-state index in [1.54, 1.807) is 11.0 Å². The Balaban J connectivity index is 1.27. The lowest BCUT2D eigenvalue weighted by atomic mass is 9.79. The summed E-state index contributed by atoms with van der Waals surface area (Å²) >= 11 is 0. The van der Waals surface area contributed by atoms with Crippen molar-refractivity contribution < 1.29 is 23.8 Å². The topological polar surface area (TPSA) is 59.0 Å². The summed E-state index contributed by atoms with van der Waals surface area (Å²) in [6.07, 6.45) is 5.20. The molecule has 1 atom stereocenters. The highest BCUT2D eigenvalue weighted by atomic mass is 19.1. The third kappa shape index (κ3) is 4.84. The Bertz CT molecular complexity index is 955. The summed E-state index contributed by atoms with van der Waals surface area (Å²) in [4.78, 5) is 14.4. The number of aromatic hydroxyl groups is 1. The second-order valence-corrected chi connectivity index (χ2v) is 9.05. The Morgan fingerprint density at radius 3 is 2.66 bits per heavy atom. The maximum Gasteiger partial charge on any atom is 0.257 e. The van der Waals surface area contributed by atoms with Crippen molar-refractivity contribution in [3.05, 3.63) is 53.3 Å². The molecule has 2 aliphatic rings. The van der Waals surface area contributed by atoms with Crippen molar-refractivity contribution in [2.45, 2.75) is 58.6 Å². The first-order chi connectivity index (χ1) is 15.5. The summed E-state index contributed by atoms with van der Waals surface area (Å²) in [5.41, 5.74) is 0.692. The number of amides is 1. The standard InChI is InChI=1S/C26H32FNO4/c1-3-13-31-21-5-4-6-22(14-21)32-17(2)19-9-7-18(8-10-19)15-28-16-20-11-12-23(29)25(27)24(20)26(28)30/h4-6,11-12,14,17-19,29H,3,7-10,13,15-16H2,1-2H3. The van der Waals surface area contributed by atoms with E-state index in [4.69, 9.17) is 9.47 Å². The third-order valence-corrected chi connectivity index (χ3v) is 6.70. The summed E-state index contributed by atoms with van der Waals surface area (Å²) in [5, 5.41) is 9.58. The fourth-order valence-electron chi connectivity index (χ4n) is 4.87. The van der Waals surface area contributed by atoms with Crippen LogP contribution in [0.2, 0.25) is 0 Å². The first-order valence-corrected chi connectivity index (χ1v) is 11.7. The molecule has 0 spiro atoms. The molecule has 1 unspecified atom stereocenters. The van der Waals surface area contributed by atoms with Gasteiger partial charge in [0, 0.05) is 19.2 Å². The number of halogens is 1. The molecule has 1 aliphatic carbocycles. The van der Waals surface area contributed by atoms with Gasteiger partial charge in [0.1, 0.15) is 11.5 Å². The zero-order chi connectivity index (χ0) is 22.7. The van der Waals surface area contributed by atoms with Crippen molar-refractivity contribution in [3.8, 4) is 17.2 Å². The molecule has 2 aromatic carbocycles. The molecular weight excluding hydrogens is 409 g/mol. The van der Waals surface area contributed by atoms with E-state index < -0.39 is 11.6 Å². The number of hydrogen-bond acceptors (Lipinski definition) is 4. The lowest BCUT2D eigenvalue weighted by Crippen LogP contribution is -2.34. The highest BCUT2D eigenvalue weighted by Crippen LogP contribution is 2.36. The number of phenols is 1. The number of rotatable bonds is 8. The van der Waals surface area contributed by atoms with E-state index in [1.165, 1.54) is 6.07 Å². The van der Waals surface area contributed by atoms with Gasteiger partial charge in [0.2, 0.25) is 0 Å². The molecule has 0 radical (unpaired) electrons. The smallest absolute Gasteiger partial charge is 0.257 e. The maximum absolute atomic E-state index is 14.2. The molecule has 172 valence electrons. The normalized spacial score (nSPS) is 21.3. The Kier molecular flexibility index (Phi) is 6.87. The van der Waals surface area contributed by atoms with E-state index in [1.807, 2.05) is 24.3 Å².